The number of ether oxygens (including phenoxy) is 1. The second-order valence-corrected chi connectivity index (χ2v) is 5.22. The van der Waals surface area contributed by atoms with Gasteiger partial charge in [0.15, 0.2) is 11.9 Å². The third-order valence-electron chi connectivity index (χ3n) is 2.95. The molecule has 0 aromatic carbocycles. The number of ketones is 2. The van der Waals surface area contributed by atoms with Gasteiger partial charge in [0.1, 0.15) is 5.78 Å². The summed E-state index contributed by atoms with van der Waals surface area (Å²) in [6.45, 7) is 8.52. The van der Waals surface area contributed by atoms with Gasteiger partial charge in [0.05, 0.1) is 6.42 Å². The van der Waals surface area contributed by atoms with Crippen LogP contribution >= 0.6 is 0 Å². The number of hydrogen-bond acceptors (Lipinski definition) is 4. The second kappa shape index (κ2) is 10.4. The Kier molecular flexibility index (Phi) is 9.60. The molecule has 0 saturated heterocycles. The lowest BCUT2D eigenvalue weighted by Crippen LogP contribution is -2.29. The number of rotatable bonds is 11. The van der Waals surface area contributed by atoms with Crippen molar-refractivity contribution in [2.45, 2.75) is 71.8 Å². The van der Waals surface area contributed by atoms with Gasteiger partial charge < -0.3 is 4.74 Å². The van der Waals surface area contributed by atoms with Gasteiger partial charge in [0.25, 0.3) is 0 Å². The SMILES string of the molecule is C=C(C)C(=O)OC(CCCCCCC)C(=O)CC(C)=O. The van der Waals surface area contributed by atoms with Crippen molar-refractivity contribution in [3.05, 3.63) is 12.2 Å². The molecule has 20 heavy (non-hydrogen) atoms. The molecule has 0 aromatic heterocycles. The van der Waals surface area contributed by atoms with E-state index in [1.807, 2.05) is 0 Å². The normalized spacial score (nSPS) is 11.8. The fraction of sp³-hybridized carbons (Fsp3) is 0.688. The van der Waals surface area contributed by atoms with Crippen LogP contribution in [0.25, 0.3) is 0 Å². The van der Waals surface area contributed by atoms with Crippen LogP contribution in [-0.2, 0) is 19.1 Å². The zero-order valence-electron chi connectivity index (χ0n) is 12.9. The third-order valence-corrected chi connectivity index (χ3v) is 2.95. The van der Waals surface area contributed by atoms with E-state index in [-0.39, 0.29) is 23.6 Å². The first-order valence-corrected chi connectivity index (χ1v) is 7.27. The van der Waals surface area contributed by atoms with Crippen molar-refractivity contribution in [3.63, 3.8) is 0 Å². The summed E-state index contributed by atoms with van der Waals surface area (Å²) in [5.74, 6) is -1.10. The standard InChI is InChI=1S/C16H26O4/c1-5-6-7-8-9-10-15(14(18)11-13(4)17)20-16(19)12(2)3/h15H,2,5-11H2,1,3-4H3. The lowest BCUT2D eigenvalue weighted by Gasteiger charge is -2.16. The van der Waals surface area contributed by atoms with Crippen molar-refractivity contribution in [2.24, 2.45) is 0 Å². The molecule has 0 bridgehead atoms. The smallest absolute Gasteiger partial charge is 0.333 e. The van der Waals surface area contributed by atoms with Crippen molar-refractivity contribution in [1.82, 2.24) is 0 Å². The molecule has 0 saturated carbocycles. The average Bonchev–Trinajstić information content (AvgIpc) is 2.35. The fourth-order valence-electron chi connectivity index (χ4n) is 1.81. The highest BCUT2D eigenvalue weighted by atomic mass is 16.5. The van der Waals surface area contributed by atoms with E-state index in [2.05, 4.69) is 13.5 Å². The highest BCUT2D eigenvalue weighted by Gasteiger charge is 2.23. The van der Waals surface area contributed by atoms with Crippen LogP contribution < -0.4 is 0 Å². The summed E-state index contributed by atoms with van der Waals surface area (Å²) in [5.41, 5.74) is 0.261. The van der Waals surface area contributed by atoms with Crippen molar-refractivity contribution in [2.75, 3.05) is 0 Å². The summed E-state index contributed by atoms with van der Waals surface area (Å²) < 4.78 is 5.14. The third kappa shape index (κ3) is 8.62. The first kappa shape index (κ1) is 18.6. The van der Waals surface area contributed by atoms with Crippen molar-refractivity contribution in [1.29, 1.82) is 0 Å². The van der Waals surface area contributed by atoms with E-state index < -0.39 is 12.1 Å². The van der Waals surface area contributed by atoms with Crippen LogP contribution in [0.4, 0.5) is 0 Å². The molecule has 1 unspecified atom stereocenters. The maximum Gasteiger partial charge on any atom is 0.333 e. The van der Waals surface area contributed by atoms with Gasteiger partial charge in [0.2, 0.25) is 0 Å². The van der Waals surface area contributed by atoms with E-state index in [4.69, 9.17) is 4.74 Å². The van der Waals surface area contributed by atoms with E-state index in [0.717, 1.165) is 32.1 Å². The number of carbonyl (C=O) groups excluding carboxylic acids is 3. The molecule has 1 atom stereocenters. The fourth-order valence-corrected chi connectivity index (χ4v) is 1.81. The van der Waals surface area contributed by atoms with Crippen LogP contribution in [0.2, 0.25) is 0 Å². The Hall–Kier alpha value is -1.45. The monoisotopic (exact) mass is 282 g/mol. The quantitative estimate of drug-likeness (QED) is 0.252. The minimum atomic E-state index is -0.815. The van der Waals surface area contributed by atoms with Gasteiger partial charge in [0, 0.05) is 5.57 Å². The Labute approximate surface area is 121 Å². The van der Waals surface area contributed by atoms with Crippen LogP contribution in [0.5, 0.6) is 0 Å². The number of carbonyl (C=O) groups is 3. The van der Waals surface area contributed by atoms with Crippen molar-refractivity contribution < 1.29 is 19.1 Å². The molecule has 0 aromatic rings. The van der Waals surface area contributed by atoms with E-state index in [9.17, 15) is 14.4 Å². The van der Waals surface area contributed by atoms with Gasteiger partial charge >= 0.3 is 5.97 Å². The first-order chi connectivity index (χ1) is 9.38. The van der Waals surface area contributed by atoms with Crippen LogP contribution in [0.1, 0.15) is 65.7 Å². The zero-order chi connectivity index (χ0) is 15.5. The van der Waals surface area contributed by atoms with Crippen LogP contribution in [0.3, 0.4) is 0 Å². The summed E-state index contributed by atoms with van der Waals surface area (Å²) in [5, 5.41) is 0. The maximum atomic E-state index is 11.9. The Bertz CT molecular complexity index is 357. The lowest BCUT2D eigenvalue weighted by atomic mass is 10.0. The molecule has 114 valence electrons. The molecule has 0 heterocycles. The Morgan fingerprint density at radius 3 is 2.15 bits per heavy atom. The predicted octanol–water partition coefficient (Wildman–Crippen LogP) is 3.38. The summed E-state index contributed by atoms with van der Waals surface area (Å²) in [6, 6.07) is 0. The molecule has 0 N–H and O–H groups in total. The van der Waals surface area contributed by atoms with Crippen LogP contribution in [0, 0.1) is 0 Å². The number of Topliss-reactive ketones (excluding diaryl/α,β-unsaturated/α-hetero) is 2. The highest BCUT2D eigenvalue weighted by molar-refractivity contribution is 6.01. The molecule has 0 amide bonds. The van der Waals surface area contributed by atoms with Gasteiger partial charge in [-0.1, -0.05) is 39.2 Å². The average molecular weight is 282 g/mol. The summed E-state index contributed by atoms with van der Waals surface area (Å²) in [7, 11) is 0. The van der Waals surface area contributed by atoms with Gasteiger partial charge in [-0.05, 0) is 26.7 Å². The van der Waals surface area contributed by atoms with Gasteiger partial charge in [-0.3, -0.25) is 9.59 Å². The minimum absolute atomic E-state index is 0.177. The summed E-state index contributed by atoms with van der Waals surface area (Å²) in [6.07, 6.45) is 4.73. The van der Waals surface area contributed by atoms with E-state index in [0.29, 0.717) is 6.42 Å². The molecular weight excluding hydrogens is 256 g/mol. The minimum Gasteiger partial charge on any atom is -0.451 e. The molecule has 0 fully saturated rings. The Balaban J connectivity index is 4.38. The molecule has 4 nitrogen and oxygen atoms in total. The molecule has 4 heteroatoms. The molecule has 0 rings (SSSR count). The summed E-state index contributed by atoms with van der Waals surface area (Å²) >= 11 is 0. The zero-order valence-corrected chi connectivity index (χ0v) is 12.9. The highest BCUT2D eigenvalue weighted by Crippen LogP contribution is 2.13. The topological polar surface area (TPSA) is 60.4 Å². The van der Waals surface area contributed by atoms with Crippen LogP contribution in [-0.4, -0.2) is 23.6 Å². The largest absolute Gasteiger partial charge is 0.451 e. The van der Waals surface area contributed by atoms with E-state index in [1.165, 1.54) is 13.8 Å². The predicted molar refractivity (Wildman–Crippen MR) is 78.4 cm³/mol. The van der Waals surface area contributed by atoms with Gasteiger partial charge in [-0.2, -0.15) is 0 Å². The molecule has 0 aliphatic heterocycles. The molecule has 0 spiro atoms. The first-order valence-electron chi connectivity index (χ1n) is 7.27. The number of unbranched alkanes of at least 4 members (excludes halogenated alkanes) is 4. The molecule has 0 radical (unpaired) electrons. The van der Waals surface area contributed by atoms with Crippen LogP contribution in [0.15, 0.2) is 12.2 Å². The van der Waals surface area contributed by atoms with Gasteiger partial charge in [-0.15, -0.1) is 0 Å². The number of hydrogen-bond donors (Lipinski definition) is 0. The second-order valence-electron chi connectivity index (χ2n) is 5.22. The van der Waals surface area contributed by atoms with E-state index >= 15 is 0 Å². The van der Waals surface area contributed by atoms with E-state index in [1.54, 1.807) is 0 Å². The van der Waals surface area contributed by atoms with Gasteiger partial charge in [-0.25, -0.2) is 4.79 Å². The lowest BCUT2D eigenvalue weighted by molar-refractivity contribution is -0.152. The number of esters is 1. The van der Waals surface area contributed by atoms with Crippen molar-refractivity contribution in [3.8, 4) is 0 Å². The maximum absolute atomic E-state index is 11.9. The Morgan fingerprint density at radius 1 is 1.05 bits per heavy atom. The Morgan fingerprint density at radius 2 is 1.65 bits per heavy atom. The molecule has 0 aliphatic rings. The molecule has 0 aliphatic carbocycles. The van der Waals surface area contributed by atoms with Crippen molar-refractivity contribution >= 4 is 17.5 Å². The summed E-state index contributed by atoms with van der Waals surface area (Å²) in [4.78, 5) is 34.4. The molecular formula is C16H26O4.